The van der Waals surface area contributed by atoms with Gasteiger partial charge in [0.25, 0.3) is 0 Å². The molecule has 1 amide bonds. The van der Waals surface area contributed by atoms with E-state index in [0.29, 0.717) is 0 Å². The summed E-state index contributed by atoms with van der Waals surface area (Å²) < 4.78 is 6.86. The van der Waals surface area contributed by atoms with E-state index in [-0.39, 0.29) is 5.76 Å². The number of nitrogens with one attached hydrogen (secondary N) is 1. The molecule has 0 spiro atoms. The minimum atomic E-state index is -0.392. The highest BCUT2D eigenvalue weighted by atomic mass is 16.3. The number of rotatable bonds is 4. The Kier molecular flexibility index (Phi) is 4.05. The first-order valence-electron chi connectivity index (χ1n) is 7.15. The van der Waals surface area contributed by atoms with Gasteiger partial charge in [0.15, 0.2) is 5.76 Å². The van der Waals surface area contributed by atoms with E-state index in [9.17, 15) is 4.79 Å². The molecular weight excluding hydrogens is 292 g/mol. The molecule has 6 nitrogen and oxygen atoms in total. The number of aromatic nitrogens is 2. The molecular formula is C17H16N4O2. The van der Waals surface area contributed by atoms with Crippen LogP contribution in [0.1, 0.15) is 27.5 Å². The van der Waals surface area contributed by atoms with Crippen LogP contribution in [0.4, 0.5) is 0 Å². The molecule has 0 atom stereocenters. The van der Waals surface area contributed by atoms with Crippen LogP contribution in [0.5, 0.6) is 0 Å². The summed E-state index contributed by atoms with van der Waals surface area (Å²) in [6, 6.07) is 13.1. The Hall–Kier alpha value is -3.15. The Labute approximate surface area is 133 Å². The zero-order valence-electron chi connectivity index (χ0n) is 12.9. The first kappa shape index (κ1) is 14.8. The van der Waals surface area contributed by atoms with E-state index in [1.165, 1.54) is 6.26 Å². The van der Waals surface area contributed by atoms with Gasteiger partial charge in [0, 0.05) is 5.56 Å². The van der Waals surface area contributed by atoms with Gasteiger partial charge in [-0.2, -0.15) is 10.2 Å². The molecule has 0 unspecified atom stereocenters. The topological polar surface area (TPSA) is 72.4 Å². The highest BCUT2D eigenvalue weighted by Crippen LogP contribution is 2.16. The number of carbonyl (C=O) groups excluding carboxylic acids is 1. The fourth-order valence-electron chi connectivity index (χ4n) is 2.28. The third-order valence-corrected chi connectivity index (χ3v) is 3.45. The maximum absolute atomic E-state index is 11.8. The summed E-state index contributed by atoms with van der Waals surface area (Å²) in [5.41, 5.74) is 6.07. The van der Waals surface area contributed by atoms with Crippen molar-refractivity contribution in [3.63, 3.8) is 0 Å². The number of aryl methyl sites for hydroxylation is 1. The Balaban J connectivity index is 1.80. The fraction of sp³-hybridized carbons (Fsp3) is 0.118. The monoisotopic (exact) mass is 308 g/mol. The molecule has 0 saturated carbocycles. The molecule has 23 heavy (non-hydrogen) atoms. The minimum Gasteiger partial charge on any atom is -0.459 e. The number of para-hydroxylation sites is 1. The van der Waals surface area contributed by atoms with Crippen molar-refractivity contribution in [2.75, 3.05) is 0 Å². The summed E-state index contributed by atoms with van der Waals surface area (Å²) in [6.07, 6.45) is 3.04. The van der Waals surface area contributed by atoms with Crippen LogP contribution in [-0.2, 0) is 0 Å². The second-order valence-electron chi connectivity index (χ2n) is 5.01. The molecule has 6 heteroatoms. The Morgan fingerprint density at radius 3 is 2.70 bits per heavy atom. The van der Waals surface area contributed by atoms with Gasteiger partial charge in [-0.1, -0.05) is 18.2 Å². The van der Waals surface area contributed by atoms with Crippen LogP contribution in [0.3, 0.4) is 0 Å². The Morgan fingerprint density at radius 1 is 1.22 bits per heavy atom. The van der Waals surface area contributed by atoms with Gasteiger partial charge in [-0.25, -0.2) is 10.1 Å². The van der Waals surface area contributed by atoms with Gasteiger partial charge < -0.3 is 4.42 Å². The number of hydrogen-bond acceptors (Lipinski definition) is 4. The van der Waals surface area contributed by atoms with E-state index in [2.05, 4.69) is 15.6 Å². The summed E-state index contributed by atoms with van der Waals surface area (Å²) >= 11 is 0. The molecule has 1 aromatic carbocycles. The lowest BCUT2D eigenvalue weighted by Crippen LogP contribution is -2.16. The van der Waals surface area contributed by atoms with Gasteiger partial charge in [0.1, 0.15) is 0 Å². The number of hydrogen-bond donors (Lipinski definition) is 1. The van der Waals surface area contributed by atoms with E-state index in [4.69, 9.17) is 4.42 Å². The van der Waals surface area contributed by atoms with Crippen molar-refractivity contribution < 1.29 is 9.21 Å². The van der Waals surface area contributed by atoms with Crippen molar-refractivity contribution in [3.05, 3.63) is 71.4 Å². The molecule has 0 aliphatic heterocycles. The van der Waals surface area contributed by atoms with Crippen LogP contribution in [0.15, 0.2) is 58.2 Å². The van der Waals surface area contributed by atoms with Gasteiger partial charge in [-0.15, -0.1) is 0 Å². The van der Waals surface area contributed by atoms with Crippen molar-refractivity contribution in [2.45, 2.75) is 13.8 Å². The van der Waals surface area contributed by atoms with E-state index >= 15 is 0 Å². The second-order valence-corrected chi connectivity index (χ2v) is 5.01. The van der Waals surface area contributed by atoms with Gasteiger partial charge in [-0.05, 0) is 38.1 Å². The molecule has 0 fully saturated rings. The molecule has 3 rings (SSSR count). The smallest absolute Gasteiger partial charge is 0.307 e. The SMILES string of the molecule is Cc1nn(-c2ccccc2)c(C)c1/C=N\NC(=O)c1ccco1. The Bertz CT molecular complexity index is 833. The standard InChI is InChI=1S/C17H16N4O2/c1-12-15(11-18-19-17(22)16-9-6-10-23-16)13(2)21(20-12)14-7-4-3-5-8-14/h3-11H,1-2H3,(H,19,22)/b18-11-. The number of benzene rings is 1. The summed E-state index contributed by atoms with van der Waals surface area (Å²) in [7, 11) is 0. The second kappa shape index (κ2) is 6.31. The molecule has 0 radical (unpaired) electrons. The number of amides is 1. The zero-order chi connectivity index (χ0) is 16.2. The summed E-state index contributed by atoms with van der Waals surface area (Å²) in [6.45, 7) is 3.87. The number of carbonyl (C=O) groups is 1. The predicted molar refractivity (Wildman–Crippen MR) is 86.8 cm³/mol. The van der Waals surface area contributed by atoms with Crippen LogP contribution in [-0.4, -0.2) is 21.9 Å². The summed E-state index contributed by atoms with van der Waals surface area (Å²) in [5, 5.41) is 8.51. The van der Waals surface area contributed by atoms with E-state index in [1.807, 2.05) is 48.9 Å². The molecule has 1 N–H and O–H groups in total. The molecule has 2 aromatic heterocycles. The summed E-state index contributed by atoms with van der Waals surface area (Å²) in [4.78, 5) is 11.8. The molecule has 0 aliphatic carbocycles. The lowest BCUT2D eigenvalue weighted by molar-refractivity contribution is 0.0927. The number of nitrogens with zero attached hydrogens (tertiary/aromatic N) is 3. The predicted octanol–water partition coefficient (Wildman–Crippen LogP) is 2.85. The van der Waals surface area contributed by atoms with Crippen molar-refractivity contribution >= 4 is 12.1 Å². The van der Waals surface area contributed by atoms with Crippen molar-refractivity contribution in [1.82, 2.24) is 15.2 Å². The lowest BCUT2D eigenvalue weighted by Gasteiger charge is -2.03. The third-order valence-electron chi connectivity index (χ3n) is 3.45. The van der Waals surface area contributed by atoms with Crippen molar-refractivity contribution in [1.29, 1.82) is 0 Å². The molecule has 0 saturated heterocycles. The average molecular weight is 308 g/mol. The van der Waals surface area contributed by atoms with E-state index < -0.39 is 5.91 Å². The first-order chi connectivity index (χ1) is 11.2. The van der Waals surface area contributed by atoms with Crippen molar-refractivity contribution in [3.8, 4) is 5.69 Å². The quantitative estimate of drug-likeness (QED) is 0.595. The third kappa shape index (κ3) is 3.06. The van der Waals surface area contributed by atoms with Gasteiger partial charge in [-0.3, -0.25) is 4.79 Å². The zero-order valence-corrected chi connectivity index (χ0v) is 12.9. The van der Waals surface area contributed by atoms with Crippen LogP contribution < -0.4 is 5.43 Å². The van der Waals surface area contributed by atoms with Gasteiger partial charge in [0.2, 0.25) is 0 Å². The molecule has 116 valence electrons. The fourth-order valence-corrected chi connectivity index (χ4v) is 2.28. The Morgan fingerprint density at radius 2 is 2.00 bits per heavy atom. The molecule has 0 bridgehead atoms. The normalized spacial score (nSPS) is 11.0. The van der Waals surface area contributed by atoms with Crippen LogP contribution in [0.2, 0.25) is 0 Å². The van der Waals surface area contributed by atoms with Gasteiger partial charge in [0.05, 0.1) is 29.6 Å². The molecule has 3 aromatic rings. The van der Waals surface area contributed by atoms with Gasteiger partial charge >= 0.3 is 5.91 Å². The van der Waals surface area contributed by atoms with Crippen LogP contribution in [0, 0.1) is 13.8 Å². The molecule has 2 heterocycles. The van der Waals surface area contributed by atoms with E-state index in [1.54, 1.807) is 18.3 Å². The van der Waals surface area contributed by atoms with Crippen LogP contribution >= 0.6 is 0 Å². The highest BCUT2D eigenvalue weighted by molar-refractivity contribution is 5.92. The number of furan rings is 1. The largest absolute Gasteiger partial charge is 0.459 e. The first-order valence-corrected chi connectivity index (χ1v) is 7.15. The summed E-state index contributed by atoms with van der Waals surface area (Å²) in [5.74, 6) is -0.174. The maximum Gasteiger partial charge on any atom is 0.307 e. The van der Waals surface area contributed by atoms with Crippen LogP contribution in [0.25, 0.3) is 5.69 Å². The van der Waals surface area contributed by atoms with Crippen molar-refractivity contribution in [2.24, 2.45) is 5.10 Å². The minimum absolute atomic E-state index is 0.218. The highest BCUT2D eigenvalue weighted by Gasteiger charge is 2.11. The lowest BCUT2D eigenvalue weighted by atomic mass is 10.2. The maximum atomic E-state index is 11.8. The van der Waals surface area contributed by atoms with E-state index in [0.717, 1.165) is 22.6 Å². The number of hydrazone groups is 1. The molecule has 0 aliphatic rings. The average Bonchev–Trinajstić information content (AvgIpc) is 3.19.